The molecular formula is C38H56N4O7S. The normalized spacial score (nSPS) is 22.0. The van der Waals surface area contributed by atoms with Crippen LogP contribution in [0.15, 0.2) is 54.6 Å². The number of amides is 3. The number of nitrogens with one attached hydrogen (secondary N) is 3. The molecule has 50 heavy (non-hydrogen) atoms. The maximum Gasteiger partial charge on any atom is 0.251 e. The summed E-state index contributed by atoms with van der Waals surface area (Å²) in [5, 5.41) is 20.7. The Morgan fingerprint density at radius 1 is 0.940 bits per heavy atom. The third-order valence-corrected chi connectivity index (χ3v) is 12.5. The van der Waals surface area contributed by atoms with Gasteiger partial charge in [0.1, 0.15) is 11.8 Å². The number of methoxy groups -OCH3 is 1. The van der Waals surface area contributed by atoms with Crippen molar-refractivity contribution in [3.8, 4) is 5.75 Å². The van der Waals surface area contributed by atoms with Gasteiger partial charge in [-0.25, -0.2) is 8.42 Å². The van der Waals surface area contributed by atoms with Gasteiger partial charge in [-0.05, 0) is 95.5 Å². The molecule has 11 nitrogen and oxygen atoms in total. The lowest BCUT2D eigenvalue weighted by Gasteiger charge is -2.47. The van der Waals surface area contributed by atoms with Crippen LogP contribution in [0.3, 0.4) is 0 Å². The molecule has 4 N–H and O–H groups in total. The summed E-state index contributed by atoms with van der Waals surface area (Å²) in [7, 11) is -2.37. The van der Waals surface area contributed by atoms with Gasteiger partial charge in [0.2, 0.25) is 11.8 Å². The smallest absolute Gasteiger partial charge is 0.251 e. The number of ether oxygens (including phenoxy) is 1. The van der Waals surface area contributed by atoms with E-state index in [4.69, 9.17) is 4.74 Å². The van der Waals surface area contributed by atoms with Gasteiger partial charge in [-0.2, -0.15) is 0 Å². The van der Waals surface area contributed by atoms with E-state index < -0.39 is 56.2 Å². The van der Waals surface area contributed by atoms with E-state index in [1.807, 2.05) is 51.1 Å². The van der Waals surface area contributed by atoms with E-state index in [1.165, 1.54) is 33.1 Å². The number of nitrogens with zero attached hydrogens (tertiary/aromatic N) is 1. The van der Waals surface area contributed by atoms with Gasteiger partial charge >= 0.3 is 0 Å². The molecule has 1 saturated carbocycles. The second kappa shape index (κ2) is 16.2. The van der Waals surface area contributed by atoms with Gasteiger partial charge in [0.05, 0.1) is 30.0 Å². The van der Waals surface area contributed by atoms with E-state index in [-0.39, 0.29) is 24.4 Å². The fourth-order valence-electron chi connectivity index (χ4n) is 7.14. The molecule has 4 rings (SSSR count). The summed E-state index contributed by atoms with van der Waals surface area (Å²) in [5.74, 6) is -0.0432. The molecule has 1 aliphatic carbocycles. The molecule has 6 atom stereocenters. The van der Waals surface area contributed by atoms with Gasteiger partial charge in [-0.15, -0.1) is 0 Å². The van der Waals surface area contributed by atoms with Crippen LogP contribution in [0, 0.1) is 11.8 Å². The van der Waals surface area contributed by atoms with Crippen LogP contribution >= 0.6 is 0 Å². The number of sulfone groups is 1. The van der Waals surface area contributed by atoms with Gasteiger partial charge in [0.25, 0.3) is 5.91 Å². The average molecular weight is 713 g/mol. The van der Waals surface area contributed by atoms with Gasteiger partial charge in [-0.1, -0.05) is 49.6 Å². The lowest BCUT2D eigenvalue weighted by molar-refractivity contribution is -0.133. The first-order chi connectivity index (χ1) is 23.4. The molecule has 2 aromatic rings. The molecule has 0 radical (unpaired) electrons. The summed E-state index contributed by atoms with van der Waals surface area (Å²) in [6.07, 6.45) is 5.31. The fourth-order valence-corrected chi connectivity index (χ4v) is 7.73. The van der Waals surface area contributed by atoms with Crippen molar-refractivity contribution >= 4 is 27.6 Å². The first-order valence-corrected chi connectivity index (χ1v) is 19.5. The van der Waals surface area contributed by atoms with E-state index in [0.29, 0.717) is 30.6 Å². The van der Waals surface area contributed by atoms with Crippen LogP contribution in [0.4, 0.5) is 0 Å². The highest BCUT2D eigenvalue weighted by Crippen LogP contribution is 2.39. The average Bonchev–Trinajstić information content (AvgIpc) is 3.05. The van der Waals surface area contributed by atoms with Crippen LogP contribution in [0.1, 0.15) is 82.6 Å². The molecule has 0 spiro atoms. The lowest BCUT2D eigenvalue weighted by Crippen LogP contribution is -2.64. The van der Waals surface area contributed by atoms with Crippen LogP contribution in [-0.4, -0.2) is 97.1 Å². The number of rotatable bonds is 13. The molecule has 3 amide bonds. The standard InChI is InChI=1S/C38H56N4O7S/c1-37(2,3)41-35(45)31-22-27-15-11-12-16-28(27)23-42(31)24-32(43)30(21-25-13-9-8-10-14-25)39-36(46)33(38(4,5)50(7,47)48)40-34(44)26-17-19-29(49-6)20-18-26/h8-10,13-14,17-20,27-28,30-33,43H,11-12,15-16,21-24H2,1-7H3,(H,39,46)(H,40,44)(H,41,45)/t27-,28+,30?,31?,32?,33+/m0/s1. The van der Waals surface area contributed by atoms with Crippen LogP contribution < -0.4 is 20.7 Å². The molecule has 1 saturated heterocycles. The zero-order valence-corrected chi connectivity index (χ0v) is 31.4. The second-order valence-electron chi connectivity index (χ2n) is 15.6. The number of aliphatic hydroxyl groups excluding tert-OH is 1. The van der Waals surface area contributed by atoms with E-state index in [2.05, 4.69) is 20.9 Å². The van der Waals surface area contributed by atoms with Crippen molar-refractivity contribution < 1.29 is 32.6 Å². The Bertz CT molecular complexity index is 1570. The number of likely N-dealkylation sites (tertiary alicyclic amines) is 1. The minimum absolute atomic E-state index is 0.0754. The second-order valence-corrected chi connectivity index (χ2v) is 18.2. The van der Waals surface area contributed by atoms with Crippen molar-refractivity contribution in [2.24, 2.45) is 11.8 Å². The Balaban J connectivity index is 1.63. The van der Waals surface area contributed by atoms with Gasteiger partial charge < -0.3 is 25.8 Å². The van der Waals surface area contributed by atoms with Crippen LogP contribution in [-0.2, 0) is 25.8 Å². The molecule has 0 aromatic heterocycles. The summed E-state index contributed by atoms with van der Waals surface area (Å²) in [6, 6.07) is 12.9. The van der Waals surface area contributed by atoms with Crippen LogP contribution in [0.2, 0.25) is 0 Å². The Labute approximate surface area is 297 Å². The molecule has 0 bridgehead atoms. The van der Waals surface area contributed by atoms with E-state index >= 15 is 0 Å². The molecule has 276 valence electrons. The number of carbonyl (C=O) groups is 3. The summed E-state index contributed by atoms with van der Waals surface area (Å²) >= 11 is 0. The van der Waals surface area contributed by atoms with Gasteiger partial charge in [0.15, 0.2) is 9.84 Å². The number of fused-ring (bicyclic) bond motifs is 1. The number of β-amino-alcohol motifs (C(OH)–C–C–N with tert-alkyl or cyclic N) is 1. The first-order valence-electron chi connectivity index (χ1n) is 17.6. The predicted octanol–water partition coefficient (Wildman–Crippen LogP) is 3.50. The van der Waals surface area contributed by atoms with Gasteiger partial charge in [0, 0.05) is 30.4 Å². The number of carbonyl (C=O) groups excluding carboxylic acids is 3. The van der Waals surface area contributed by atoms with Crippen molar-refractivity contribution in [3.63, 3.8) is 0 Å². The molecule has 2 fully saturated rings. The number of benzene rings is 2. The zero-order valence-electron chi connectivity index (χ0n) is 30.6. The number of hydrogen-bond acceptors (Lipinski definition) is 8. The van der Waals surface area contributed by atoms with Crippen molar-refractivity contribution in [3.05, 3.63) is 65.7 Å². The molecule has 12 heteroatoms. The SMILES string of the molecule is COc1ccc(C(=O)N[C@H](C(=O)NC(Cc2ccccc2)C(O)CN2C[C@H]3CCCC[C@H]3CC2C(=O)NC(C)(C)C)C(C)(C)S(C)(=O)=O)cc1. The van der Waals surface area contributed by atoms with E-state index in [9.17, 15) is 27.9 Å². The topological polar surface area (TPSA) is 154 Å². The minimum atomic E-state index is -3.88. The highest BCUT2D eigenvalue weighted by molar-refractivity contribution is 7.92. The van der Waals surface area contributed by atoms with Crippen LogP contribution in [0.25, 0.3) is 0 Å². The van der Waals surface area contributed by atoms with Crippen molar-refractivity contribution in [1.29, 1.82) is 0 Å². The number of aliphatic hydroxyl groups is 1. The summed E-state index contributed by atoms with van der Waals surface area (Å²) in [5.41, 5.74) is 0.650. The van der Waals surface area contributed by atoms with Crippen molar-refractivity contribution in [1.82, 2.24) is 20.9 Å². The zero-order chi connectivity index (χ0) is 36.9. The minimum Gasteiger partial charge on any atom is -0.497 e. The lowest BCUT2D eigenvalue weighted by atomic mass is 9.72. The predicted molar refractivity (Wildman–Crippen MR) is 195 cm³/mol. The number of piperidine rings is 1. The van der Waals surface area contributed by atoms with Crippen LogP contribution in [0.5, 0.6) is 5.75 Å². The van der Waals surface area contributed by atoms with E-state index in [0.717, 1.165) is 37.5 Å². The first kappa shape index (κ1) is 39.3. The van der Waals surface area contributed by atoms with Crippen molar-refractivity contribution in [2.45, 2.75) is 108 Å². The summed E-state index contributed by atoms with van der Waals surface area (Å²) in [6.45, 7) is 9.43. The Hall–Kier alpha value is -3.48. The highest BCUT2D eigenvalue weighted by atomic mass is 32.2. The maximum absolute atomic E-state index is 14.2. The Kier molecular flexibility index (Phi) is 12.8. The summed E-state index contributed by atoms with van der Waals surface area (Å²) in [4.78, 5) is 43.3. The third-order valence-electron chi connectivity index (χ3n) is 10.4. The quantitative estimate of drug-likeness (QED) is 0.246. The molecular weight excluding hydrogens is 657 g/mol. The third kappa shape index (κ3) is 10.1. The van der Waals surface area contributed by atoms with Gasteiger partial charge in [-0.3, -0.25) is 19.3 Å². The molecule has 3 unspecified atom stereocenters. The maximum atomic E-state index is 14.2. The van der Waals surface area contributed by atoms with E-state index in [1.54, 1.807) is 12.1 Å². The van der Waals surface area contributed by atoms with Crippen molar-refractivity contribution in [2.75, 3.05) is 26.5 Å². The Morgan fingerprint density at radius 2 is 1.56 bits per heavy atom. The fraction of sp³-hybridized carbons (Fsp3) is 0.605. The molecule has 1 aliphatic heterocycles. The molecule has 2 aromatic carbocycles. The number of hydrogen-bond donors (Lipinski definition) is 4. The molecule has 2 aliphatic rings. The largest absolute Gasteiger partial charge is 0.497 e. The Morgan fingerprint density at radius 3 is 2.14 bits per heavy atom. The molecule has 1 heterocycles. The highest BCUT2D eigenvalue weighted by Gasteiger charge is 2.46. The monoisotopic (exact) mass is 712 g/mol. The summed E-state index contributed by atoms with van der Waals surface area (Å²) < 4.78 is 29.6.